The highest BCUT2D eigenvalue weighted by atomic mass is 19.1. The minimum Gasteiger partial charge on any atom is -0.449 e. The van der Waals surface area contributed by atoms with E-state index in [4.69, 9.17) is 9.84 Å². The van der Waals surface area contributed by atoms with Gasteiger partial charge in [0.2, 0.25) is 0 Å². The van der Waals surface area contributed by atoms with E-state index in [1.54, 1.807) is 12.3 Å². The van der Waals surface area contributed by atoms with Gasteiger partial charge in [-0.05, 0) is 30.5 Å². The fourth-order valence-corrected chi connectivity index (χ4v) is 4.66. The van der Waals surface area contributed by atoms with Crippen LogP contribution in [0.1, 0.15) is 50.3 Å². The average molecular weight is 517 g/mol. The van der Waals surface area contributed by atoms with Gasteiger partial charge in [0.25, 0.3) is 5.56 Å². The Morgan fingerprint density at radius 2 is 1.89 bits per heavy atom. The van der Waals surface area contributed by atoms with Crippen molar-refractivity contribution in [3.05, 3.63) is 70.4 Å². The van der Waals surface area contributed by atoms with Crippen LogP contribution in [0.3, 0.4) is 0 Å². The summed E-state index contributed by atoms with van der Waals surface area (Å²) < 4.78 is 35.7. The van der Waals surface area contributed by atoms with Gasteiger partial charge in [0.15, 0.2) is 28.9 Å². The molecule has 1 aliphatic carbocycles. The first-order valence-electron chi connectivity index (χ1n) is 12.4. The predicted octanol–water partition coefficient (Wildman–Crippen LogP) is 3.19. The van der Waals surface area contributed by atoms with Crippen molar-refractivity contribution in [3.8, 4) is 11.5 Å². The van der Waals surface area contributed by atoms with E-state index in [9.17, 15) is 23.5 Å². The molecule has 1 aromatic carbocycles. The number of benzene rings is 1. The number of rotatable bonds is 11. The third kappa shape index (κ3) is 6.86. The van der Waals surface area contributed by atoms with Crippen molar-refractivity contribution >= 4 is 5.78 Å². The summed E-state index contributed by atoms with van der Waals surface area (Å²) in [5.74, 6) is -2.60. The van der Waals surface area contributed by atoms with Crippen molar-refractivity contribution in [3.63, 3.8) is 0 Å². The summed E-state index contributed by atoms with van der Waals surface area (Å²) in [5.41, 5.74) is -0.160. The van der Waals surface area contributed by atoms with Crippen LogP contribution in [-0.2, 0) is 17.8 Å². The summed E-state index contributed by atoms with van der Waals surface area (Å²) in [6.45, 7) is -0.323. The number of ether oxygens (including phenoxy) is 1. The number of carbonyl (C=O) groups is 1. The van der Waals surface area contributed by atoms with Crippen LogP contribution in [0, 0.1) is 17.6 Å². The van der Waals surface area contributed by atoms with E-state index in [1.165, 1.54) is 16.9 Å². The first-order chi connectivity index (χ1) is 17.8. The summed E-state index contributed by atoms with van der Waals surface area (Å²) in [7, 11) is 0. The SMILES string of the molecule is O=C(Cc1ccn(C[C@@H](O)CO)n1)[C@H](CC1CCCCC1)n1ncc(Oc2c(F)cccc2F)cc1=O. The number of halogens is 2. The van der Waals surface area contributed by atoms with E-state index < -0.39 is 41.7 Å². The van der Waals surface area contributed by atoms with Crippen LogP contribution in [0.4, 0.5) is 8.78 Å². The molecule has 2 N–H and O–H groups in total. The minimum atomic E-state index is -0.969. The van der Waals surface area contributed by atoms with E-state index >= 15 is 0 Å². The minimum absolute atomic E-state index is 0.0492. The molecular weight excluding hydrogens is 486 g/mol. The van der Waals surface area contributed by atoms with Crippen molar-refractivity contribution in [1.29, 1.82) is 0 Å². The fraction of sp³-hybridized carbons (Fsp3) is 0.462. The van der Waals surface area contributed by atoms with Gasteiger partial charge in [-0.25, -0.2) is 13.5 Å². The number of para-hydroxylation sites is 1. The molecule has 0 saturated heterocycles. The standard InChI is InChI=1S/C26H30F2N4O5/c27-21-7-4-8-22(28)26(21)37-20-13-25(36)32(29-14-20)23(11-17-5-2-1-3-6-17)24(35)12-18-9-10-31(30-18)15-19(34)16-33/h4,7-10,13-14,17,19,23,33-34H,1-3,5-6,11-12,15-16H2/t19-,23+/m1/s1. The maximum absolute atomic E-state index is 14.0. The van der Waals surface area contributed by atoms with Gasteiger partial charge < -0.3 is 14.9 Å². The lowest BCUT2D eigenvalue weighted by Gasteiger charge is -2.26. The zero-order chi connectivity index (χ0) is 26.4. The van der Waals surface area contributed by atoms with Crippen LogP contribution < -0.4 is 10.3 Å². The van der Waals surface area contributed by atoms with Gasteiger partial charge in [-0.2, -0.15) is 10.2 Å². The second-order valence-corrected chi connectivity index (χ2v) is 9.39. The molecule has 0 aliphatic heterocycles. The second kappa shape index (κ2) is 12.2. The number of aliphatic hydroxyl groups is 2. The molecule has 2 atom stereocenters. The van der Waals surface area contributed by atoms with E-state index in [0.29, 0.717) is 12.1 Å². The molecule has 2 aromatic heterocycles. The number of carbonyl (C=O) groups excluding carboxylic acids is 1. The zero-order valence-electron chi connectivity index (χ0n) is 20.3. The Morgan fingerprint density at radius 1 is 1.16 bits per heavy atom. The van der Waals surface area contributed by atoms with Gasteiger partial charge in [0, 0.05) is 12.3 Å². The Morgan fingerprint density at radius 3 is 2.57 bits per heavy atom. The van der Waals surface area contributed by atoms with Gasteiger partial charge in [-0.1, -0.05) is 38.2 Å². The van der Waals surface area contributed by atoms with Crippen molar-refractivity contribution in [2.45, 2.75) is 63.6 Å². The lowest BCUT2D eigenvalue weighted by Crippen LogP contribution is -2.34. The number of Topliss-reactive ketones (excluding diaryl/α,β-unsaturated/α-hetero) is 1. The summed E-state index contributed by atoms with van der Waals surface area (Å²) in [5, 5.41) is 27.1. The van der Waals surface area contributed by atoms with Crippen LogP contribution in [-0.4, -0.2) is 48.3 Å². The first kappa shape index (κ1) is 26.6. The Kier molecular flexibility index (Phi) is 8.78. The second-order valence-electron chi connectivity index (χ2n) is 9.39. The van der Waals surface area contributed by atoms with Gasteiger partial charge in [-0.15, -0.1) is 0 Å². The molecule has 1 aliphatic rings. The predicted molar refractivity (Wildman–Crippen MR) is 129 cm³/mol. The molecule has 1 saturated carbocycles. The monoisotopic (exact) mass is 516 g/mol. The molecule has 0 bridgehead atoms. The summed E-state index contributed by atoms with van der Waals surface area (Å²) >= 11 is 0. The van der Waals surface area contributed by atoms with Crippen molar-refractivity contribution in [1.82, 2.24) is 19.6 Å². The molecule has 0 unspecified atom stereocenters. The number of nitrogens with zero attached hydrogens (tertiary/aromatic N) is 4. The molecule has 11 heteroatoms. The molecule has 4 rings (SSSR count). The van der Waals surface area contributed by atoms with Gasteiger partial charge in [0.1, 0.15) is 6.04 Å². The van der Waals surface area contributed by atoms with Gasteiger partial charge in [-0.3, -0.25) is 14.3 Å². The van der Waals surface area contributed by atoms with Crippen LogP contribution >= 0.6 is 0 Å². The average Bonchev–Trinajstić information content (AvgIpc) is 3.32. The van der Waals surface area contributed by atoms with E-state index in [2.05, 4.69) is 10.2 Å². The maximum atomic E-state index is 14.0. The maximum Gasteiger partial charge on any atom is 0.271 e. The number of aliphatic hydroxyl groups excluding tert-OH is 2. The first-order valence-corrected chi connectivity index (χ1v) is 12.4. The van der Waals surface area contributed by atoms with Crippen LogP contribution in [0.25, 0.3) is 0 Å². The third-order valence-electron chi connectivity index (χ3n) is 6.55. The number of hydrogen-bond donors (Lipinski definition) is 2. The zero-order valence-corrected chi connectivity index (χ0v) is 20.3. The molecule has 0 radical (unpaired) electrons. The van der Waals surface area contributed by atoms with Gasteiger partial charge in [0.05, 0.1) is 37.6 Å². The lowest BCUT2D eigenvalue weighted by molar-refractivity contribution is -0.122. The molecule has 37 heavy (non-hydrogen) atoms. The quantitative estimate of drug-likeness (QED) is 0.402. The molecule has 0 spiro atoms. The van der Waals surface area contributed by atoms with Crippen LogP contribution in [0.2, 0.25) is 0 Å². The smallest absolute Gasteiger partial charge is 0.271 e. The Labute approximate surface area is 212 Å². The summed E-state index contributed by atoms with van der Waals surface area (Å²) in [6, 6.07) is 5.15. The molecular formula is C26H30F2N4O5. The highest BCUT2D eigenvalue weighted by molar-refractivity contribution is 5.84. The Bertz CT molecular complexity index is 1250. The number of hydrogen-bond acceptors (Lipinski definition) is 7. The van der Waals surface area contributed by atoms with E-state index in [0.717, 1.165) is 55.0 Å². The summed E-state index contributed by atoms with van der Waals surface area (Å²) in [6.07, 6.45) is 7.38. The highest BCUT2D eigenvalue weighted by Crippen LogP contribution is 2.31. The highest BCUT2D eigenvalue weighted by Gasteiger charge is 2.28. The molecule has 9 nitrogen and oxygen atoms in total. The van der Waals surface area contributed by atoms with E-state index in [1.807, 2.05) is 0 Å². The lowest BCUT2D eigenvalue weighted by atomic mass is 9.83. The Balaban J connectivity index is 1.56. The van der Waals surface area contributed by atoms with Crippen LogP contribution in [0.5, 0.6) is 11.5 Å². The number of aromatic nitrogens is 4. The molecule has 3 aromatic rings. The largest absolute Gasteiger partial charge is 0.449 e. The van der Waals surface area contributed by atoms with Crippen molar-refractivity contribution in [2.75, 3.05) is 6.61 Å². The molecule has 198 valence electrons. The van der Waals surface area contributed by atoms with E-state index in [-0.39, 0.29) is 30.4 Å². The summed E-state index contributed by atoms with van der Waals surface area (Å²) in [4.78, 5) is 26.4. The topological polar surface area (TPSA) is 119 Å². The third-order valence-corrected chi connectivity index (χ3v) is 6.55. The van der Waals surface area contributed by atoms with Gasteiger partial charge >= 0.3 is 0 Å². The van der Waals surface area contributed by atoms with Crippen molar-refractivity contribution < 1.29 is 28.5 Å². The Hall–Kier alpha value is -3.44. The normalized spacial score (nSPS) is 15.9. The number of ketones is 1. The molecule has 2 heterocycles. The van der Waals surface area contributed by atoms with Crippen LogP contribution in [0.15, 0.2) is 47.5 Å². The van der Waals surface area contributed by atoms with Crippen molar-refractivity contribution in [2.24, 2.45) is 5.92 Å². The molecule has 0 amide bonds. The fourth-order valence-electron chi connectivity index (χ4n) is 4.66. The molecule has 1 fully saturated rings.